The zero-order valence-corrected chi connectivity index (χ0v) is 8.14. The summed E-state index contributed by atoms with van der Waals surface area (Å²) >= 11 is 0. The highest BCUT2D eigenvalue weighted by Crippen LogP contribution is 2.11. The molecule has 0 atom stereocenters. The molecule has 0 saturated heterocycles. The first-order chi connectivity index (χ1) is 6.38. The Morgan fingerprint density at radius 1 is 1.36 bits per heavy atom. The van der Waals surface area contributed by atoms with Gasteiger partial charge in [-0.2, -0.15) is 8.42 Å². The number of halogens is 2. The molecule has 6 heteroatoms. The van der Waals surface area contributed by atoms with Crippen molar-refractivity contribution in [1.29, 1.82) is 0 Å². The second-order valence-corrected chi connectivity index (χ2v) is 4.35. The van der Waals surface area contributed by atoms with Crippen molar-refractivity contribution in [3.05, 3.63) is 35.4 Å². The summed E-state index contributed by atoms with van der Waals surface area (Å²) in [6.07, 6.45) is 0.856. The van der Waals surface area contributed by atoms with Crippen molar-refractivity contribution >= 4 is 10.1 Å². The monoisotopic (exact) mass is 222 g/mol. The van der Waals surface area contributed by atoms with E-state index < -0.39 is 28.4 Å². The molecule has 1 aromatic rings. The van der Waals surface area contributed by atoms with Gasteiger partial charge in [-0.25, -0.2) is 8.78 Å². The fourth-order valence-corrected chi connectivity index (χ4v) is 1.15. The highest BCUT2D eigenvalue weighted by Gasteiger charge is 2.07. The number of hydrogen-bond donors (Lipinski definition) is 0. The van der Waals surface area contributed by atoms with Gasteiger partial charge >= 0.3 is 0 Å². The molecule has 1 rings (SSSR count). The largest absolute Gasteiger partial charge is 0.265 e. The van der Waals surface area contributed by atoms with Crippen LogP contribution >= 0.6 is 0 Å². The second kappa shape index (κ2) is 4.02. The van der Waals surface area contributed by atoms with Crippen LogP contribution < -0.4 is 0 Å². The minimum absolute atomic E-state index is 0.00294. The highest BCUT2D eigenvalue weighted by molar-refractivity contribution is 7.85. The molecule has 3 nitrogen and oxygen atoms in total. The normalized spacial score (nSPS) is 11.6. The van der Waals surface area contributed by atoms with Gasteiger partial charge in [-0.3, -0.25) is 4.18 Å². The fraction of sp³-hybridized carbons (Fsp3) is 0.250. The molecular weight excluding hydrogens is 214 g/mol. The number of rotatable bonds is 3. The van der Waals surface area contributed by atoms with Crippen molar-refractivity contribution in [2.45, 2.75) is 6.61 Å². The van der Waals surface area contributed by atoms with Crippen LogP contribution in [0.2, 0.25) is 0 Å². The highest BCUT2D eigenvalue weighted by atomic mass is 32.2. The van der Waals surface area contributed by atoms with Gasteiger partial charge in [0.2, 0.25) is 0 Å². The molecule has 0 spiro atoms. The van der Waals surface area contributed by atoms with E-state index in [4.69, 9.17) is 0 Å². The maximum absolute atomic E-state index is 12.9. The van der Waals surface area contributed by atoms with Crippen LogP contribution in [-0.4, -0.2) is 14.7 Å². The van der Waals surface area contributed by atoms with Crippen LogP contribution in [0.5, 0.6) is 0 Å². The van der Waals surface area contributed by atoms with Crippen molar-refractivity contribution in [3.63, 3.8) is 0 Å². The van der Waals surface area contributed by atoms with E-state index in [1.807, 2.05) is 0 Å². The third-order valence-electron chi connectivity index (χ3n) is 1.44. The Labute approximate surface area is 80.4 Å². The molecule has 0 heterocycles. The lowest BCUT2D eigenvalue weighted by atomic mass is 10.2. The minimum atomic E-state index is -3.61. The first-order valence-corrected chi connectivity index (χ1v) is 5.48. The van der Waals surface area contributed by atoms with Crippen LogP contribution in [-0.2, 0) is 20.9 Å². The smallest absolute Gasteiger partial charge is 0.264 e. The molecule has 0 aliphatic heterocycles. The maximum atomic E-state index is 12.9. The van der Waals surface area contributed by atoms with Gasteiger partial charge in [0.25, 0.3) is 10.1 Å². The Balaban J connectivity index is 2.78. The van der Waals surface area contributed by atoms with E-state index >= 15 is 0 Å². The van der Waals surface area contributed by atoms with E-state index in [0.29, 0.717) is 6.07 Å². The topological polar surface area (TPSA) is 43.4 Å². The third-order valence-corrected chi connectivity index (χ3v) is 1.99. The van der Waals surface area contributed by atoms with Gasteiger partial charge in [0.05, 0.1) is 12.9 Å². The van der Waals surface area contributed by atoms with Crippen LogP contribution in [0.15, 0.2) is 18.2 Å². The Morgan fingerprint density at radius 2 is 2.00 bits per heavy atom. The second-order valence-electron chi connectivity index (χ2n) is 2.70. The van der Waals surface area contributed by atoms with Gasteiger partial charge in [-0.05, 0) is 6.07 Å². The van der Waals surface area contributed by atoms with Gasteiger partial charge in [-0.15, -0.1) is 0 Å². The molecule has 0 radical (unpaired) electrons. The number of hydrogen-bond acceptors (Lipinski definition) is 3. The molecule has 0 bridgehead atoms. The molecule has 0 aliphatic carbocycles. The van der Waals surface area contributed by atoms with Crippen LogP contribution in [0.3, 0.4) is 0 Å². The molecule has 14 heavy (non-hydrogen) atoms. The summed E-state index contributed by atoms with van der Waals surface area (Å²) in [7, 11) is -3.61. The summed E-state index contributed by atoms with van der Waals surface area (Å²) in [5.41, 5.74) is -0.00294. The van der Waals surface area contributed by atoms with E-state index in [0.717, 1.165) is 18.4 Å². The van der Waals surface area contributed by atoms with Gasteiger partial charge in [0.1, 0.15) is 11.6 Å². The Morgan fingerprint density at radius 3 is 2.50 bits per heavy atom. The summed E-state index contributed by atoms with van der Waals surface area (Å²) in [4.78, 5) is 0. The van der Waals surface area contributed by atoms with Crippen LogP contribution in [0.4, 0.5) is 8.78 Å². The van der Waals surface area contributed by atoms with Gasteiger partial charge in [-0.1, -0.05) is 6.07 Å². The summed E-state index contributed by atoms with van der Waals surface area (Å²) in [6, 6.07) is 2.83. The molecule has 0 aromatic heterocycles. The van der Waals surface area contributed by atoms with Gasteiger partial charge in [0, 0.05) is 11.6 Å². The number of benzene rings is 1. The zero-order valence-electron chi connectivity index (χ0n) is 7.33. The quantitative estimate of drug-likeness (QED) is 0.727. The third kappa shape index (κ3) is 3.39. The van der Waals surface area contributed by atoms with E-state index in [-0.39, 0.29) is 5.56 Å². The van der Waals surface area contributed by atoms with Crippen molar-refractivity contribution in [2.24, 2.45) is 0 Å². The van der Waals surface area contributed by atoms with Gasteiger partial charge < -0.3 is 0 Å². The molecule has 0 aliphatic rings. The first-order valence-electron chi connectivity index (χ1n) is 3.67. The molecule has 0 amide bonds. The lowest BCUT2D eigenvalue weighted by molar-refractivity contribution is 0.305. The SMILES string of the molecule is CS(=O)(=O)OCc1ccc(F)cc1F. The van der Waals surface area contributed by atoms with E-state index in [1.165, 1.54) is 0 Å². The molecule has 78 valence electrons. The minimum Gasteiger partial charge on any atom is -0.265 e. The molecule has 0 N–H and O–H groups in total. The molecule has 0 unspecified atom stereocenters. The predicted octanol–water partition coefficient (Wildman–Crippen LogP) is 1.44. The van der Waals surface area contributed by atoms with Crippen LogP contribution in [0.1, 0.15) is 5.56 Å². The van der Waals surface area contributed by atoms with Crippen molar-refractivity contribution in [2.75, 3.05) is 6.26 Å². The lowest BCUT2D eigenvalue weighted by Gasteiger charge is -2.02. The van der Waals surface area contributed by atoms with Crippen molar-refractivity contribution in [1.82, 2.24) is 0 Å². The first kappa shape index (κ1) is 11.1. The van der Waals surface area contributed by atoms with E-state index in [2.05, 4.69) is 4.18 Å². The van der Waals surface area contributed by atoms with E-state index in [9.17, 15) is 17.2 Å². The summed E-state index contributed by atoms with van der Waals surface area (Å²) in [5, 5.41) is 0. The van der Waals surface area contributed by atoms with Crippen LogP contribution in [0, 0.1) is 11.6 Å². The zero-order chi connectivity index (χ0) is 10.8. The fourth-order valence-electron chi connectivity index (χ4n) is 0.809. The average molecular weight is 222 g/mol. The Hall–Kier alpha value is -1.01. The predicted molar refractivity (Wildman–Crippen MR) is 46.0 cm³/mol. The molecule has 0 saturated carbocycles. The van der Waals surface area contributed by atoms with Gasteiger partial charge in [0.15, 0.2) is 0 Å². The summed E-state index contributed by atoms with van der Waals surface area (Å²) in [6.45, 7) is -0.426. The van der Waals surface area contributed by atoms with Crippen LogP contribution in [0.25, 0.3) is 0 Å². The molecule has 0 fully saturated rings. The standard InChI is InChI=1S/C8H8F2O3S/c1-14(11,12)13-5-6-2-3-7(9)4-8(6)10/h2-4H,5H2,1H3. The van der Waals surface area contributed by atoms with Crippen molar-refractivity contribution < 1.29 is 21.4 Å². The van der Waals surface area contributed by atoms with E-state index in [1.54, 1.807) is 0 Å². The Bertz CT molecular complexity index is 428. The molecular formula is C8H8F2O3S. The Kier molecular flexibility index (Phi) is 3.17. The summed E-state index contributed by atoms with van der Waals surface area (Å²) in [5.74, 6) is -1.54. The lowest BCUT2D eigenvalue weighted by Crippen LogP contribution is -2.04. The average Bonchev–Trinajstić information content (AvgIpc) is 2.00. The molecule has 1 aromatic carbocycles. The maximum Gasteiger partial charge on any atom is 0.264 e. The summed E-state index contributed by atoms with van der Waals surface area (Å²) < 4.78 is 50.8. The van der Waals surface area contributed by atoms with Crippen molar-refractivity contribution in [3.8, 4) is 0 Å².